The SMILES string of the molecule is OC(C[NH+]1CC[NH+](Cc2ccccc2)CC1)c1ccc(Cl)cc1.[Cl-].[Cl-]. The Morgan fingerprint density at radius 1 is 0.840 bits per heavy atom. The molecule has 1 unspecified atom stereocenters. The molecule has 2 aromatic rings. The van der Waals surface area contributed by atoms with Gasteiger partial charge in [0.2, 0.25) is 0 Å². The van der Waals surface area contributed by atoms with Gasteiger partial charge in [-0.1, -0.05) is 54.1 Å². The number of hydrogen-bond acceptors (Lipinski definition) is 1. The van der Waals surface area contributed by atoms with E-state index in [1.54, 1.807) is 4.90 Å². The quantitative estimate of drug-likeness (QED) is 0.457. The molecule has 0 aliphatic carbocycles. The summed E-state index contributed by atoms with van der Waals surface area (Å²) < 4.78 is 0. The van der Waals surface area contributed by atoms with Crippen LogP contribution in [0, 0.1) is 0 Å². The highest BCUT2D eigenvalue weighted by Gasteiger charge is 2.25. The van der Waals surface area contributed by atoms with Crippen LogP contribution in [0.3, 0.4) is 0 Å². The second kappa shape index (κ2) is 11.0. The highest BCUT2D eigenvalue weighted by atomic mass is 35.5. The van der Waals surface area contributed by atoms with Crippen molar-refractivity contribution in [1.82, 2.24) is 0 Å². The number of nitrogens with one attached hydrogen (secondary N) is 2. The van der Waals surface area contributed by atoms with Gasteiger partial charge < -0.3 is 39.7 Å². The fourth-order valence-electron chi connectivity index (χ4n) is 3.30. The molecular weight excluding hydrogens is 379 g/mol. The van der Waals surface area contributed by atoms with E-state index in [1.807, 2.05) is 24.3 Å². The average molecular weight is 404 g/mol. The molecule has 138 valence electrons. The van der Waals surface area contributed by atoms with Crippen LogP contribution in [-0.2, 0) is 6.54 Å². The van der Waals surface area contributed by atoms with Gasteiger partial charge in [-0.05, 0) is 17.7 Å². The van der Waals surface area contributed by atoms with E-state index >= 15 is 0 Å². The van der Waals surface area contributed by atoms with Gasteiger partial charge >= 0.3 is 0 Å². The third-order valence-electron chi connectivity index (χ3n) is 4.70. The summed E-state index contributed by atoms with van der Waals surface area (Å²) >= 11 is 5.90. The van der Waals surface area contributed by atoms with E-state index < -0.39 is 6.10 Å². The van der Waals surface area contributed by atoms with Gasteiger partial charge in [0.25, 0.3) is 0 Å². The van der Waals surface area contributed by atoms with E-state index in [4.69, 9.17) is 11.6 Å². The molecule has 6 heteroatoms. The Kier molecular flexibility index (Phi) is 9.80. The van der Waals surface area contributed by atoms with Crippen LogP contribution >= 0.6 is 11.6 Å². The zero-order valence-electron chi connectivity index (χ0n) is 14.1. The Morgan fingerprint density at radius 2 is 1.40 bits per heavy atom. The lowest BCUT2D eigenvalue weighted by Gasteiger charge is -2.31. The van der Waals surface area contributed by atoms with Crippen molar-refractivity contribution in [1.29, 1.82) is 0 Å². The smallest absolute Gasteiger partial charge is 0.128 e. The van der Waals surface area contributed by atoms with Crippen LogP contribution in [-0.4, -0.2) is 37.8 Å². The van der Waals surface area contributed by atoms with Crippen LogP contribution in [0.1, 0.15) is 17.2 Å². The number of hydrogen-bond donors (Lipinski definition) is 3. The van der Waals surface area contributed by atoms with Crippen molar-refractivity contribution in [3.8, 4) is 0 Å². The summed E-state index contributed by atoms with van der Waals surface area (Å²) in [5, 5.41) is 11.1. The maximum absolute atomic E-state index is 10.4. The molecule has 1 fully saturated rings. The maximum atomic E-state index is 10.4. The van der Waals surface area contributed by atoms with E-state index in [0.717, 1.165) is 44.8 Å². The van der Waals surface area contributed by atoms with Gasteiger partial charge in [0.05, 0.1) is 0 Å². The van der Waals surface area contributed by atoms with E-state index in [0.29, 0.717) is 5.02 Å². The van der Waals surface area contributed by atoms with Crippen LogP contribution < -0.4 is 34.6 Å². The average Bonchev–Trinajstić information content (AvgIpc) is 2.58. The normalized spacial score (nSPS) is 20.9. The third kappa shape index (κ3) is 6.78. The standard InChI is InChI=1S/C19H23ClN2O.2ClH/c20-18-8-6-17(7-9-18)19(23)15-22-12-10-21(11-13-22)14-16-4-2-1-3-5-16;;/h1-9,19,23H,10-15H2;2*1H. The van der Waals surface area contributed by atoms with E-state index in [9.17, 15) is 5.11 Å². The summed E-state index contributed by atoms with van der Waals surface area (Å²) in [6.45, 7) is 6.45. The summed E-state index contributed by atoms with van der Waals surface area (Å²) in [4.78, 5) is 3.13. The fourth-order valence-corrected chi connectivity index (χ4v) is 3.42. The van der Waals surface area contributed by atoms with Crippen LogP contribution in [0.2, 0.25) is 5.02 Å². The molecule has 1 atom stereocenters. The van der Waals surface area contributed by atoms with E-state index in [2.05, 4.69) is 30.3 Å². The number of quaternary nitrogens is 2. The summed E-state index contributed by atoms with van der Waals surface area (Å²) in [6, 6.07) is 18.2. The molecular formula is C19H25Cl3N2O. The Labute approximate surface area is 167 Å². The first-order chi connectivity index (χ1) is 11.2. The molecule has 3 nitrogen and oxygen atoms in total. The van der Waals surface area contributed by atoms with Gasteiger partial charge in [-0.3, -0.25) is 0 Å². The molecule has 0 spiro atoms. The highest BCUT2D eigenvalue weighted by Crippen LogP contribution is 2.15. The van der Waals surface area contributed by atoms with Crippen molar-refractivity contribution in [2.75, 3.05) is 32.7 Å². The molecule has 1 heterocycles. The molecule has 3 N–H and O–H groups in total. The third-order valence-corrected chi connectivity index (χ3v) is 4.95. The number of aliphatic hydroxyl groups excluding tert-OH is 1. The Hall–Kier alpha value is -0.810. The minimum atomic E-state index is -0.405. The molecule has 0 bridgehead atoms. The number of rotatable bonds is 5. The summed E-state index contributed by atoms with van der Waals surface area (Å²) in [7, 11) is 0. The molecule has 1 aliphatic rings. The molecule has 25 heavy (non-hydrogen) atoms. The van der Waals surface area contributed by atoms with Gasteiger partial charge in [-0.25, -0.2) is 0 Å². The minimum Gasteiger partial charge on any atom is -1.00 e. The van der Waals surface area contributed by atoms with Crippen LogP contribution in [0.25, 0.3) is 0 Å². The molecule has 1 saturated heterocycles. The first-order valence-corrected chi connectivity index (χ1v) is 8.73. The Bertz CT molecular complexity index is 602. The predicted octanol–water partition coefficient (Wildman–Crippen LogP) is -5.63. The van der Waals surface area contributed by atoms with Crippen molar-refractivity contribution in [3.05, 3.63) is 70.7 Å². The molecule has 0 aromatic heterocycles. The topological polar surface area (TPSA) is 29.1 Å². The number of halogens is 3. The zero-order chi connectivity index (χ0) is 16.1. The van der Waals surface area contributed by atoms with Crippen molar-refractivity contribution in [2.24, 2.45) is 0 Å². The first kappa shape index (κ1) is 22.2. The predicted molar refractivity (Wildman–Crippen MR) is 92.8 cm³/mol. The van der Waals surface area contributed by atoms with Crippen molar-refractivity contribution in [3.63, 3.8) is 0 Å². The summed E-state index contributed by atoms with van der Waals surface area (Å²) in [5.41, 5.74) is 2.37. The second-order valence-corrected chi connectivity index (χ2v) is 6.87. The highest BCUT2D eigenvalue weighted by molar-refractivity contribution is 6.30. The Balaban J connectivity index is 0.00000156. The van der Waals surface area contributed by atoms with Gasteiger partial charge in [0.1, 0.15) is 45.4 Å². The molecule has 0 amide bonds. The molecule has 3 rings (SSSR count). The van der Waals surface area contributed by atoms with Gasteiger partial charge in [0, 0.05) is 10.6 Å². The van der Waals surface area contributed by atoms with Crippen molar-refractivity contribution >= 4 is 11.6 Å². The molecule has 1 aliphatic heterocycles. The van der Waals surface area contributed by atoms with Gasteiger partial charge in [0.15, 0.2) is 0 Å². The summed E-state index contributed by atoms with van der Waals surface area (Å²) in [6.07, 6.45) is -0.405. The zero-order valence-corrected chi connectivity index (χ0v) is 16.4. The molecule has 0 radical (unpaired) electrons. The van der Waals surface area contributed by atoms with Crippen LogP contribution in [0.15, 0.2) is 54.6 Å². The number of aliphatic hydroxyl groups is 1. The fraction of sp³-hybridized carbons (Fsp3) is 0.368. The lowest BCUT2D eigenvalue weighted by molar-refractivity contribution is -1.02. The lowest BCUT2D eigenvalue weighted by atomic mass is 10.1. The largest absolute Gasteiger partial charge is 1.00 e. The first-order valence-electron chi connectivity index (χ1n) is 8.35. The number of piperazine rings is 1. The van der Waals surface area contributed by atoms with Gasteiger partial charge in [-0.15, -0.1) is 0 Å². The second-order valence-electron chi connectivity index (χ2n) is 6.43. The van der Waals surface area contributed by atoms with E-state index in [-0.39, 0.29) is 24.8 Å². The van der Waals surface area contributed by atoms with Gasteiger partial charge in [-0.2, -0.15) is 0 Å². The molecule has 2 aromatic carbocycles. The monoisotopic (exact) mass is 402 g/mol. The Morgan fingerprint density at radius 3 is 2.00 bits per heavy atom. The molecule has 0 saturated carbocycles. The van der Waals surface area contributed by atoms with Crippen molar-refractivity contribution in [2.45, 2.75) is 12.6 Å². The van der Waals surface area contributed by atoms with E-state index in [1.165, 1.54) is 10.5 Å². The van der Waals surface area contributed by atoms with Crippen molar-refractivity contribution < 1.29 is 39.7 Å². The maximum Gasteiger partial charge on any atom is 0.128 e. The lowest BCUT2D eigenvalue weighted by Crippen LogP contribution is -3.27. The van der Waals surface area contributed by atoms with Crippen LogP contribution in [0.4, 0.5) is 0 Å². The minimum absolute atomic E-state index is 0. The number of benzene rings is 2. The summed E-state index contributed by atoms with van der Waals surface area (Å²) in [5.74, 6) is 0. The van der Waals surface area contributed by atoms with Crippen LogP contribution in [0.5, 0.6) is 0 Å².